The lowest BCUT2D eigenvalue weighted by atomic mass is 10.0. The van der Waals surface area contributed by atoms with Crippen LogP contribution in [-0.4, -0.2) is 44.6 Å². The molecule has 0 radical (unpaired) electrons. The third kappa shape index (κ3) is 4.79. The van der Waals surface area contributed by atoms with Gasteiger partial charge in [0.15, 0.2) is 17.5 Å². The fourth-order valence-electron chi connectivity index (χ4n) is 2.72. The summed E-state index contributed by atoms with van der Waals surface area (Å²) in [5.74, 6) is -2.28. The van der Waals surface area contributed by atoms with Crippen molar-refractivity contribution in [3.63, 3.8) is 0 Å². The van der Waals surface area contributed by atoms with E-state index in [-0.39, 0.29) is 15.9 Å². The van der Waals surface area contributed by atoms with Crippen molar-refractivity contribution in [2.45, 2.75) is 26.1 Å². The van der Waals surface area contributed by atoms with Crippen molar-refractivity contribution in [3.05, 3.63) is 36.5 Å². The smallest absolute Gasteiger partial charge is 0.356 e. The maximum Gasteiger partial charge on any atom is 0.405 e. The number of hydrogen-bond donors (Lipinski definition) is 3. The minimum absolute atomic E-state index is 0. The zero-order valence-corrected chi connectivity index (χ0v) is 15.5. The number of nitrogens with one attached hydrogen (secondary N) is 3. The van der Waals surface area contributed by atoms with E-state index in [9.17, 15) is 22.4 Å². The summed E-state index contributed by atoms with van der Waals surface area (Å²) in [6.45, 7) is 1.77. The van der Waals surface area contributed by atoms with Crippen LogP contribution in [0.2, 0.25) is 0 Å². The number of halogens is 4. The van der Waals surface area contributed by atoms with Crippen molar-refractivity contribution >= 4 is 22.8 Å². The first-order valence-electron chi connectivity index (χ1n) is 8.71. The van der Waals surface area contributed by atoms with Crippen LogP contribution in [0.5, 0.6) is 0 Å². The molecular weight excluding hydrogens is 392 g/mol. The second-order valence-electron chi connectivity index (χ2n) is 6.69. The van der Waals surface area contributed by atoms with E-state index in [1.807, 2.05) is 0 Å². The molecule has 0 aliphatic carbocycles. The van der Waals surface area contributed by atoms with Gasteiger partial charge in [0.2, 0.25) is 5.91 Å². The molecule has 3 heterocycles. The maximum atomic E-state index is 14.3. The number of carbonyl (C=O) groups is 1. The molecule has 0 spiro atoms. The number of amides is 1. The van der Waals surface area contributed by atoms with Gasteiger partial charge in [-0.15, -0.1) is 0 Å². The van der Waals surface area contributed by atoms with E-state index >= 15 is 0 Å². The third-order valence-electron chi connectivity index (χ3n) is 4.14. The molecule has 0 aromatic carbocycles. The number of rotatable bonds is 6. The Labute approximate surface area is 167 Å². The summed E-state index contributed by atoms with van der Waals surface area (Å²) in [5.41, 5.74) is 1.16. The minimum atomic E-state index is -4.55. The largest absolute Gasteiger partial charge is 0.405 e. The zero-order chi connectivity index (χ0) is 21.2. The van der Waals surface area contributed by atoms with Gasteiger partial charge in [0.1, 0.15) is 18.2 Å². The monoisotopic (exact) mass is 416 g/mol. The topological polar surface area (TPSA) is 95.6 Å². The van der Waals surface area contributed by atoms with Crippen LogP contribution >= 0.6 is 0 Å². The highest BCUT2D eigenvalue weighted by molar-refractivity contribution is 5.91. The van der Waals surface area contributed by atoms with Gasteiger partial charge in [-0.25, -0.2) is 19.3 Å². The summed E-state index contributed by atoms with van der Waals surface area (Å²) in [6.07, 6.45) is -0.392. The lowest BCUT2D eigenvalue weighted by Gasteiger charge is -2.23. The fraction of sp³-hybridized carbons (Fsp3) is 0.333. The molecule has 0 aliphatic rings. The summed E-state index contributed by atoms with van der Waals surface area (Å²) < 4.78 is 51.4. The highest BCUT2D eigenvalue weighted by atomic mass is 19.4. The summed E-state index contributed by atoms with van der Waals surface area (Å²) in [7, 11) is 0. The van der Waals surface area contributed by atoms with Gasteiger partial charge < -0.3 is 15.6 Å². The molecule has 3 N–H and O–H groups in total. The van der Waals surface area contributed by atoms with Crippen molar-refractivity contribution in [1.82, 2.24) is 25.3 Å². The summed E-state index contributed by atoms with van der Waals surface area (Å²) in [4.78, 5) is 27.4. The number of hydrogen-bond acceptors (Lipinski definition) is 5. The molecule has 0 fully saturated rings. The van der Waals surface area contributed by atoms with Crippen LogP contribution < -0.4 is 10.6 Å². The molecule has 0 aliphatic heterocycles. The van der Waals surface area contributed by atoms with Crippen LogP contribution in [0.15, 0.2) is 30.7 Å². The molecule has 3 aromatic heterocycles. The van der Waals surface area contributed by atoms with E-state index in [1.54, 1.807) is 43.7 Å². The Morgan fingerprint density at radius 3 is 2.76 bits per heavy atom. The number of fused-ring (bicyclic) bond motifs is 1. The number of aromatic amines is 1. The second kappa shape index (κ2) is 8.02. The van der Waals surface area contributed by atoms with Crippen molar-refractivity contribution in [2.24, 2.45) is 5.92 Å². The molecular formula is C18H24F4N6O. The summed E-state index contributed by atoms with van der Waals surface area (Å²) in [6, 6.07) is 2.39. The Bertz CT molecular complexity index is 1030. The molecule has 1 amide bonds. The normalized spacial score (nSPS) is 12.9. The number of pyridine rings is 1. The Balaban J connectivity index is 0.00000320. The molecule has 3 aromatic rings. The summed E-state index contributed by atoms with van der Waals surface area (Å²) >= 11 is 0. The zero-order valence-electron chi connectivity index (χ0n) is 15.5. The van der Waals surface area contributed by atoms with Gasteiger partial charge in [-0.05, 0) is 18.1 Å². The maximum absolute atomic E-state index is 14.3. The highest BCUT2D eigenvalue weighted by Gasteiger charge is 2.31. The number of carbonyl (C=O) groups excluding carboxylic acids is 1. The first kappa shape index (κ1) is 20.5. The number of aromatic nitrogens is 4. The van der Waals surface area contributed by atoms with E-state index in [2.05, 4.69) is 25.3 Å². The van der Waals surface area contributed by atoms with Crippen LogP contribution in [0.1, 0.15) is 18.1 Å². The molecule has 1 atom stereocenters. The van der Waals surface area contributed by atoms with Crippen molar-refractivity contribution in [3.8, 4) is 11.4 Å². The Morgan fingerprint density at radius 1 is 1.31 bits per heavy atom. The Hall–Kier alpha value is -3.24. The lowest BCUT2D eigenvalue weighted by Crippen LogP contribution is -2.46. The fourth-order valence-corrected chi connectivity index (χ4v) is 2.72. The molecule has 0 bridgehead atoms. The van der Waals surface area contributed by atoms with Gasteiger partial charge >= 0.3 is 6.18 Å². The number of nitrogens with zero attached hydrogens (tertiary/aromatic N) is 3. The van der Waals surface area contributed by atoms with Gasteiger partial charge in [-0.2, -0.15) is 13.2 Å². The van der Waals surface area contributed by atoms with E-state index in [4.69, 9.17) is 0 Å². The van der Waals surface area contributed by atoms with Gasteiger partial charge in [0, 0.05) is 27.6 Å². The molecule has 29 heavy (non-hydrogen) atoms. The third-order valence-corrected chi connectivity index (χ3v) is 4.14. The average molecular weight is 416 g/mol. The number of alkyl halides is 3. The molecule has 0 saturated heterocycles. The molecule has 160 valence electrons. The number of anilines is 1. The first-order valence-corrected chi connectivity index (χ1v) is 8.71. The van der Waals surface area contributed by atoms with E-state index in [1.165, 1.54) is 0 Å². The SMILES string of the molecule is CC(C)[C@@H](Nc1nc(-c2c[nH]c3ncccc23)ncc1F)C(=O)NCC(F)(F)F.[HH].[HH].[HH]. The highest BCUT2D eigenvalue weighted by Crippen LogP contribution is 2.26. The van der Waals surface area contributed by atoms with E-state index in [0.29, 0.717) is 16.6 Å². The minimum Gasteiger partial charge on any atom is -0.356 e. The second-order valence-corrected chi connectivity index (χ2v) is 6.69. The van der Waals surface area contributed by atoms with E-state index in [0.717, 1.165) is 6.20 Å². The average Bonchev–Trinajstić information content (AvgIpc) is 3.09. The summed E-state index contributed by atoms with van der Waals surface area (Å²) in [5, 5.41) is 5.12. The van der Waals surface area contributed by atoms with Crippen LogP contribution in [0.4, 0.5) is 23.4 Å². The van der Waals surface area contributed by atoms with Gasteiger partial charge in [0.05, 0.1) is 6.20 Å². The number of H-pyrrole nitrogens is 1. The molecule has 0 unspecified atom stereocenters. The van der Waals surface area contributed by atoms with Crippen molar-refractivity contribution in [2.75, 3.05) is 11.9 Å². The predicted molar refractivity (Wildman–Crippen MR) is 105 cm³/mol. The molecule has 7 nitrogen and oxygen atoms in total. The standard InChI is InChI=1S/C18H18F4N6O.3H2/c1-9(2)13(17(29)26-8-18(20,21)22)27-16-12(19)7-25-15(28-16)11-6-24-14-10(11)4-3-5-23-14;;;/h3-7,9,13H,8H2,1-2H3,(H,23,24)(H,26,29)(H,25,27,28);3*1H/t13-;;;/m1.../s1. The van der Waals surface area contributed by atoms with Gasteiger partial charge in [-0.1, -0.05) is 13.8 Å². The lowest BCUT2D eigenvalue weighted by molar-refractivity contribution is -0.139. The van der Waals surface area contributed by atoms with Gasteiger partial charge in [-0.3, -0.25) is 4.79 Å². The van der Waals surface area contributed by atoms with E-state index < -0.39 is 36.4 Å². The quantitative estimate of drug-likeness (QED) is 0.528. The van der Waals surface area contributed by atoms with Gasteiger partial charge in [0.25, 0.3) is 0 Å². The first-order chi connectivity index (χ1) is 13.7. The van der Waals surface area contributed by atoms with Crippen LogP contribution in [0.25, 0.3) is 22.4 Å². The molecule has 0 saturated carbocycles. The molecule has 11 heteroatoms. The van der Waals surface area contributed by atoms with Crippen molar-refractivity contribution < 1.29 is 26.6 Å². The Kier molecular flexibility index (Phi) is 5.66. The molecule has 3 rings (SSSR count). The predicted octanol–water partition coefficient (Wildman–Crippen LogP) is 4.01. The van der Waals surface area contributed by atoms with Crippen LogP contribution in [-0.2, 0) is 4.79 Å². The Morgan fingerprint density at radius 2 is 2.07 bits per heavy atom. The van der Waals surface area contributed by atoms with Crippen molar-refractivity contribution in [1.29, 1.82) is 0 Å². The van der Waals surface area contributed by atoms with Crippen LogP contribution in [0.3, 0.4) is 0 Å². The van der Waals surface area contributed by atoms with Crippen LogP contribution in [0, 0.1) is 11.7 Å².